The normalized spacial score (nSPS) is 12.6. The van der Waals surface area contributed by atoms with Gasteiger partial charge in [0.25, 0.3) is 0 Å². The quantitative estimate of drug-likeness (QED) is 0.439. The fourth-order valence-corrected chi connectivity index (χ4v) is 0.992. The number of halogens is 1. The lowest BCUT2D eigenvalue weighted by atomic mass is 10.1. The van der Waals surface area contributed by atoms with Crippen molar-refractivity contribution < 1.29 is 4.39 Å². The lowest BCUT2D eigenvalue weighted by molar-refractivity contribution is 0.645. The van der Waals surface area contributed by atoms with Crippen LogP contribution in [0.3, 0.4) is 0 Å². The number of rotatable bonds is 5. The van der Waals surface area contributed by atoms with E-state index in [1.54, 1.807) is 12.2 Å². The summed E-state index contributed by atoms with van der Waals surface area (Å²) in [6.45, 7) is 9.41. The van der Waals surface area contributed by atoms with Crippen molar-refractivity contribution in [1.29, 1.82) is 0 Å². The summed E-state index contributed by atoms with van der Waals surface area (Å²) in [5.74, 6) is -0.146. The Morgan fingerprint density at radius 2 is 1.93 bits per heavy atom. The summed E-state index contributed by atoms with van der Waals surface area (Å²) < 4.78 is 13.2. The zero-order valence-electron chi connectivity index (χ0n) is 9.31. The predicted molar refractivity (Wildman–Crippen MR) is 61.8 cm³/mol. The molecule has 0 radical (unpaired) electrons. The van der Waals surface area contributed by atoms with E-state index in [1.807, 2.05) is 20.8 Å². The van der Waals surface area contributed by atoms with Gasteiger partial charge in [0.1, 0.15) is 5.83 Å². The molecule has 0 atom stereocenters. The van der Waals surface area contributed by atoms with Crippen molar-refractivity contribution in [1.82, 2.24) is 0 Å². The first-order chi connectivity index (χ1) is 6.57. The SMILES string of the molecule is C=C/C=C\C(F)=C(/C)CCC=C(C)C. The highest BCUT2D eigenvalue weighted by Gasteiger charge is 1.96. The summed E-state index contributed by atoms with van der Waals surface area (Å²) in [7, 11) is 0. The molecule has 0 aromatic heterocycles. The minimum Gasteiger partial charge on any atom is -0.207 e. The van der Waals surface area contributed by atoms with Crippen LogP contribution in [0.2, 0.25) is 0 Å². The monoisotopic (exact) mass is 194 g/mol. The van der Waals surface area contributed by atoms with E-state index < -0.39 is 0 Å². The Labute approximate surface area is 86.5 Å². The zero-order chi connectivity index (χ0) is 11.0. The van der Waals surface area contributed by atoms with Crippen LogP contribution in [0.1, 0.15) is 33.6 Å². The van der Waals surface area contributed by atoms with Gasteiger partial charge >= 0.3 is 0 Å². The molecule has 0 rings (SSSR count). The Morgan fingerprint density at radius 3 is 2.43 bits per heavy atom. The molecule has 0 amide bonds. The van der Waals surface area contributed by atoms with E-state index >= 15 is 0 Å². The molecule has 78 valence electrons. The van der Waals surface area contributed by atoms with Crippen molar-refractivity contribution >= 4 is 0 Å². The lowest BCUT2D eigenvalue weighted by Crippen LogP contribution is -1.80. The molecular weight excluding hydrogens is 175 g/mol. The first-order valence-electron chi connectivity index (χ1n) is 4.85. The van der Waals surface area contributed by atoms with Gasteiger partial charge in [0.2, 0.25) is 0 Å². The fourth-order valence-electron chi connectivity index (χ4n) is 0.992. The summed E-state index contributed by atoms with van der Waals surface area (Å²) in [6.07, 6.45) is 8.43. The molecule has 0 aromatic rings. The van der Waals surface area contributed by atoms with Gasteiger partial charge in [-0.3, -0.25) is 0 Å². The summed E-state index contributed by atoms with van der Waals surface area (Å²) in [4.78, 5) is 0. The van der Waals surface area contributed by atoms with Crippen LogP contribution >= 0.6 is 0 Å². The van der Waals surface area contributed by atoms with Crippen LogP contribution in [0, 0.1) is 0 Å². The van der Waals surface area contributed by atoms with E-state index in [4.69, 9.17) is 0 Å². The van der Waals surface area contributed by atoms with Gasteiger partial charge < -0.3 is 0 Å². The standard InChI is InChI=1S/C13H19F/c1-5-6-10-13(14)12(4)9-7-8-11(2)3/h5-6,8,10H,1,7,9H2,2-4H3/b10-6-,13-12-. The van der Waals surface area contributed by atoms with Crippen LogP contribution < -0.4 is 0 Å². The summed E-state index contributed by atoms with van der Waals surface area (Å²) in [6, 6.07) is 0. The Balaban J connectivity index is 4.16. The second kappa shape index (κ2) is 7.31. The van der Waals surface area contributed by atoms with Crippen LogP contribution in [-0.2, 0) is 0 Å². The third kappa shape index (κ3) is 6.41. The Kier molecular flexibility index (Phi) is 6.73. The average Bonchev–Trinajstić information content (AvgIpc) is 2.13. The van der Waals surface area contributed by atoms with Gasteiger partial charge in [-0.15, -0.1) is 0 Å². The topological polar surface area (TPSA) is 0 Å². The van der Waals surface area contributed by atoms with E-state index in [0.29, 0.717) is 0 Å². The van der Waals surface area contributed by atoms with Gasteiger partial charge in [0.15, 0.2) is 0 Å². The molecule has 14 heavy (non-hydrogen) atoms. The van der Waals surface area contributed by atoms with Crippen LogP contribution in [0.5, 0.6) is 0 Å². The maximum Gasteiger partial charge on any atom is 0.122 e. The van der Waals surface area contributed by atoms with Crippen LogP contribution in [0.4, 0.5) is 4.39 Å². The third-order valence-electron chi connectivity index (χ3n) is 1.86. The van der Waals surface area contributed by atoms with Gasteiger partial charge in [0.05, 0.1) is 0 Å². The predicted octanol–water partition coefficient (Wildman–Crippen LogP) is 4.72. The second-order valence-electron chi connectivity index (χ2n) is 3.54. The molecule has 0 heterocycles. The molecule has 0 spiro atoms. The van der Waals surface area contributed by atoms with Gasteiger partial charge in [-0.2, -0.15) is 0 Å². The first-order valence-corrected chi connectivity index (χ1v) is 4.85. The van der Waals surface area contributed by atoms with E-state index in [2.05, 4.69) is 12.7 Å². The van der Waals surface area contributed by atoms with E-state index in [1.165, 1.54) is 11.6 Å². The van der Waals surface area contributed by atoms with Crippen LogP contribution in [0.25, 0.3) is 0 Å². The third-order valence-corrected chi connectivity index (χ3v) is 1.86. The average molecular weight is 194 g/mol. The van der Waals surface area contributed by atoms with Gasteiger partial charge in [-0.25, -0.2) is 4.39 Å². The molecule has 0 fully saturated rings. The fraction of sp³-hybridized carbons (Fsp3) is 0.385. The Bertz CT molecular complexity index is 263. The van der Waals surface area contributed by atoms with Gasteiger partial charge in [0, 0.05) is 0 Å². The smallest absolute Gasteiger partial charge is 0.122 e. The molecule has 0 unspecified atom stereocenters. The summed E-state index contributed by atoms with van der Waals surface area (Å²) >= 11 is 0. The maximum atomic E-state index is 13.2. The van der Waals surface area contributed by atoms with Crippen molar-refractivity contribution in [2.75, 3.05) is 0 Å². The van der Waals surface area contributed by atoms with Crippen molar-refractivity contribution in [3.05, 3.63) is 47.9 Å². The highest BCUT2D eigenvalue weighted by molar-refractivity contribution is 5.21. The molecule has 1 heteroatoms. The molecule has 0 aliphatic heterocycles. The molecule has 0 saturated heterocycles. The number of hydrogen-bond donors (Lipinski definition) is 0. The lowest BCUT2D eigenvalue weighted by Gasteiger charge is -1.98. The summed E-state index contributed by atoms with van der Waals surface area (Å²) in [5.41, 5.74) is 2.07. The highest BCUT2D eigenvalue weighted by atomic mass is 19.1. The molecule has 0 aromatic carbocycles. The van der Waals surface area contributed by atoms with E-state index in [-0.39, 0.29) is 5.83 Å². The minimum absolute atomic E-state index is 0.146. The molecule has 0 nitrogen and oxygen atoms in total. The molecule has 0 bridgehead atoms. The highest BCUT2D eigenvalue weighted by Crippen LogP contribution is 2.14. The van der Waals surface area contributed by atoms with Crippen molar-refractivity contribution in [2.24, 2.45) is 0 Å². The summed E-state index contributed by atoms with van der Waals surface area (Å²) in [5, 5.41) is 0. The maximum absolute atomic E-state index is 13.2. The van der Waals surface area contributed by atoms with Crippen molar-refractivity contribution in [3.8, 4) is 0 Å². The first kappa shape index (κ1) is 12.9. The van der Waals surface area contributed by atoms with Crippen molar-refractivity contribution in [2.45, 2.75) is 33.6 Å². The van der Waals surface area contributed by atoms with Crippen molar-refractivity contribution in [3.63, 3.8) is 0 Å². The molecule has 0 aliphatic carbocycles. The molecule has 0 N–H and O–H groups in total. The van der Waals surface area contributed by atoms with Gasteiger partial charge in [-0.05, 0) is 45.3 Å². The Morgan fingerprint density at radius 1 is 1.29 bits per heavy atom. The molecular formula is C13H19F. The molecule has 0 aliphatic rings. The van der Waals surface area contributed by atoms with Crippen LogP contribution in [0.15, 0.2) is 47.9 Å². The van der Waals surface area contributed by atoms with E-state index in [9.17, 15) is 4.39 Å². The Hall–Kier alpha value is -1.11. The minimum atomic E-state index is -0.146. The molecule has 0 saturated carbocycles. The largest absolute Gasteiger partial charge is 0.207 e. The second-order valence-corrected chi connectivity index (χ2v) is 3.54. The van der Waals surface area contributed by atoms with E-state index in [0.717, 1.165) is 18.4 Å². The number of allylic oxidation sites excluding steroid dienone is 7. The zero-order valence-corrected chi connectivity index (χ0v) is 9.31. The van der Waals surface area contributed by atoms with Gasteiger partial charge in [-0.1, -0.05) is 30.4 Å². The number of hydrogen-bond acceptors (Lipinski definition) is 0. The van der Waals surface area contributed by atoms with Crippen LogP contribution in [-0.4, -0.2) is 0 Å².